The van der Waals surface area contributed by atoms with Gasteiger partial charge in [-0.2, -0.15) is 0 Å². The van der Waals surface area contributed by atoms with Gasteiger partial charge in [-0.05, 0) is 34.0 Å². The van der Waals surface area contributed by atoms with Crippen molar-refractivity contribution in [1.29, 1.82) is 0 Å². The highest BCUT2D eigenvalue weighted by Gasteiger charge is 2.40. The van der Waals surface area contributed by atoms with Crippen LogP contribution in [0, 0.1) is 0 Å². The third kappa shape index (κ3) is 2.26. The van der Waals surface area contributed by atoms with Gasteiger partial charge in [-0.1, -0.05) is 0 Å². The number of carbonyl (C=O) groups is 2. The average molecular weight is 245 g/mol. The molecule has 1 saturated heterocycles. The lowest BCUT2D eigenvalue weighted by Gasteiger charge is -2.43. The minimum absolute atomic E-state index is 0.0619. The molecule has 0 radical (unpaired) electrons. The Morgan fingerprint density at radius 1 is 1.19 bits per heavy atom. The Morgan fingerprint density at radius 3 is 2.12 bits per heavy atom. The molecule has 1 N–H and O–H groups in total. The van der Waals surface area contributed by atoms with Crippen LogP contribution in [0.3, 0.4) is 0 Å². The second-order valence-corrected chi connectivity index (χ2v) is 5.20. The predicted molar refractivity (Wildman–Crippen MR) is 65.2 cm³/mol. The van der Waals surface area contributed by atoms with Crippen molar-refractivity contribution in [3.8, 4) is 0 Å². The molecule has 4 amide bonds. The van der Waals surface area contributed by atoms with E-state index in [9.17, 15) is 9.59 Å². The van der Waals surface area contributed by atoms with Crippen LogP contribution in [0.1, 0.15) is 27.7 Å². The topological polar surface area (TPSA) is 52.7 Å². The van der Waals surface area contributed by atoms with Crippen LogP contribution in [0.5, 0.6) is 0 Å². The van der Waals surface area contributed by atoms with Gasteiger partial charge in [0.2, 0.25) is 0 Å². The first kappa shape index (κ1) is 13.2. The number of nitrogens with one attached hydrogen (secondary N) is 1. The molecule has 0 saturated carbocycles. The number of hydrogen-bond acceptors (Lipinski definition) is 3. The van der Waals surface area contributed by atoms with Gasteiger partial charge in [0.25, 0.3) is 0 Å². The van der Waals surface area contributed by atoms with Crippen molar-refractivity contribution in [2.24, 2.45) is 0 Å². The van der Waals surface area contributed by atoms with E-state index in [1.54, 1.807) is 4.90 Å². The molecule has 5 nitrogen and oxygen atoms in total. The summed E-state index contributed by atoms with van der Waals surface area (Å²) < 4.78 is 0. The molecule has 1 fully saturated rings. The summed E-state index contributed by atoms with van der Waals surface area (Å²) in [5.74, 6) is 0. The lowest BCUT2D eigenvalue weighted by Crippen LogP contribution is -2.66. The minimum Gasteiger partial charge on any atom is -0.308 e. The summed E-state index contributed by atoms with van der Waals surface area (Å²) in [7, 11) is 0. The van der Waals surface area contributed by atoms with Gasteiger partial charge >= 0.3 is 12.1 Å². The molecule has 0 aromatic heterocycles. The number of amides is 4. The lowest BCUT2D eigenvalue weighted by molar-refractivity contribution is 0.102. The highest BCUT2D eigenvalue weighted by molar-refractivity contribution is 7.99. The molecule has 1 atom stereocenters. The molecule has 0 aromatic carbocycles. The van der Waals surface area contributed by atoms with Crippen LogP contribution in [0.4, 0.5) is 9.59 Å². The fourth-order valence-electron chi connectivity index (χ4n) is 1.68. The minimum atomic E-state index is -0.309. The quantitative estimate of drug-likeness (QED) is 0.826. The Morgan fingerprint density at radius 2 is 1.75 bits per heavy atom. The standard InChI is InChI=1S/C10H19N3O2S/c1-6(2)12-8(14)11-9(16-5)13(7(3)4)10(12)15/h6-7,9H,1-5H3,(H,11,14). The Hall–Kier alpha value is -0.910. The molecule has 1 heterocycles. The predicted octanol–water partition coefficient (Wildman–Crippen LogP) is 1.90. The molecule has 1 aliphatic rings. The van der Waals surface area contributed by atoms with Crippen LogP contribution in [0.25, 0.3) is 0 Å². The first-order valence-electron chi connectivity index (χ1n) is 5.35. The van der Waals surface area contributed by atoms with Crippen molar-refractivity contribution in [2.75, 3.05) is 6.26 Å². The number of urea groups is 2. The number of imide groups is 1. The maximum absolute atomic E-state index is 12.2. The van der Waals surface area contributed by atoms with Crippen LogP contribution in [-0.2, 0) is 0 Å². The van der Waals surface area contributed by atoms with Crippen molar-refractivity contribution in [2.45, 2.75) is 45.3 Å². The fraction of sp³-hybridized carbons (Fsp3) is 0.800. The zero-order valence-electron chi connectivity index (χ0n) is 10.4. The Kier molecular flexibility index (Phi) is 4.07. The van der Waals surface area contributed by atoms with Crippen LogP contribution in [-0.4, -0.2) is 45.7 Å². The Bertz CT molecular complexity index is 294. The molecule has 1 rings (SSSR count). The monoisotopic (exact) mass is 245 g/mol. The normalized spacial score (nSPS) is 22.1. The Labute approximate surface area is 101 Å². The van der Waals surface area contributed by atoms with Crippen LogP contribution < -0.4 is 5.32 Å². The summed E-state index contributed by atoms with van der Waals surface area (Å²) in [6.07, 6.45) is 1.87. The van der Waals surface area contributed by atoms with Gasteiger partial charge in [-0.3, -0.25) is 4.90 Å². The SMILES string of the molecule is CSC1NC(=O)N(C(C)C)C(=O)N1C(C)C. The first-order chi connectivity index (χ1) is 7.40. The summed E-state index contributed by atoms with van der Waals surface area (Å²) in [5.41, 5.74) is -0.269. The van der Waals surface area contributed by atoms with Gasteiger partial charge in [-0.15, -0.1) is 11.8 Å². The van der Waals surface area contributed by atoms with Crippen molar-refractivity contribution in [3.63, 3.8) is 0 Å². The molecule has 6 heteroatoms. The number of nitrogens with zero attached hydrogens (tertiary/aromatic N) is 2. The van der Waals surface area contributed by atoms with Crippen molar-refractivity contribution in [1.82, 2.24) is 15.1 Å². The smallest absolute Gasteiger partial charge is 0.308 e. The van der Waals surface area contributed by atoms with Gasteiger partial charge < -0.3 is 5.32 Å². The summed E-state index contributed by atoms with van der Waals surface area (Å²) in [4.78, 5) is 26.8. The van der Waals surface area contributed by atoms with Gasteiger partial charge in [0, 0.05) is 12.1 Å². The zero-order valence-corrected chi connectivity index (χ0v) is 11.2. The number of carbonyl (C=O) groups excluding carboxylic acids is 2. The van der Waals surface area contributed by atoms with E-state index in [1.807, 2.05) is 34.0 Å². The fourth-order valence-corrected chi connectivity index (χ4v) is 2.46. The van der Waals surface area contributed by atoms with Crippen LogP contribution in [0.15, 0.2) is 0 Å². The van der Waals surface area contributed by atoms with E-state index in [0.717, 1.165) is 0 Å². The molecule has 0 aromatic rings. The van der Waals surface area contributed by atoms with E-state index in [4.69, 9.17) is 0 Å². The van der Waals surface area contributed by atoms with Crippen LogP contribution >= 0.6 is 11.8 Å². The second kappa shape index (κ2) is 4.95. The third-order valence-corrected chi connectivity index (χ3v) is 3.23. The second-order valence-electron chi connectivity index (χ2n) is 4.28. The molecule has 1 unspecified atom stereocenters. The Balaban J connectivity index is 2.98. The van der Waals surface area contributed by atoms with Crippen LogP contribution in [0.2, 0.25) is 0 Å². The molecule has 0 spiro atoms. The maximum Gasteiger partial charge on any atom is 0.330 e. The van der Waals surface area contributed by atoms with Gasteiger partial charge in [0.15, 0.2) is 5.50 Å². The largest absolute Gasteiger partial charge is 0.330 e. The van der Waals surface area contributed by atoms with E-state index in [-0.39, 0.29) is 29.6 Å². The van der Waals surface area contributed by atoms with E-state index in [1.165, 1.54) is 16.7 Å². The van der Waals surface area contributed by atoms with Gasteiger partial charge in [0.1, 0.15) is 0 Å². The van der Waals surface area contributed by atoms with Crippen molar-refractivity contribution in [3.05, 3.63) is 0 Å². The summed E-state index contributed by atoms with van der Waals surface area (Å²) in [5, 5.41) is 2.81. The number of thioether (sulfide) groups is 1. The molecule has 16 heavy (non-hydrogen) atoms. The molecular weight excluding hydrogens is 226 g/mol. The number of hydrogen-bond donors (Lipinski definition) is 1. The van der Waals surface area contributed by atoms with Gasteiger partial charge in [0.05, 0.1) is 0 Å². The van der Waals surface area contributed by atoms with Crippen molar-refractivity contribution >= 4 is 23.8 Å². The average Bonchev–Trinajstić information content (AvgIpc) is 2.14. The summed E-state index contributed by atoms with van der Waals surface area (Å²) in [6, 6.07) is -0.590. The molecule has 0 bridgehead atoms. The maximum atomic E-state index is 12.2. The first-order valence-corrected chi connectivity index (χ1v) is 6.63. The van der Waals surface area contributed by atoms with E-state index >= 15 is 0 Å². The highest BCUT2D eigenvalue weighted by Crippen LogP contribution is 2.21. The molecule has 1 aliphatic heterocycles. The lowest BCUT2D eigenvalue weighted by atomic mass is 10.3. The highest BCUT2D eigenvalue weighted by atomic mass is 32.2. The summed E-state index contributed by atoms with van der Waals surface area (Å²) >= 11 is 1.45. The van der Waals surface area contributed by atoms with E-state index in [2.05, 4.69) is 5.32 Å². The number of rotatable bonds is 3. The van der Waals surface area contributed by atoms with Gasteiger partial charge in [-0.25, -0.2) is 14.5 Å². The molecule has 0 aliphatic carbocycles. The molecular formula is C10H19N3O2S. The third-order valence-electron chi connectivity index (χ3n) is 2.44. The van der Waals surface area contributed by atoms with E-state index < -0.39 is 0 Å². The zero-order chi connectivity index (χ0) is 12.5. The van der Waals surface area contributed by atoms with Crippen molar-refractivity contribution < 1.29 is 9.59 Å². The molecule has 92 valence electrons. The summed E-state index contributed by atoms with van der Waals surface area (Å²) in [6.45, 7) is 7.54. The van der Waals surface area contributed by atoms with E-state index in [0.29, 0.717) is 0 Å².